The van der Waals surface area contributed by atoms with Crippen molar-refractivity contribution in [2.24, 2.45) is 0 Å². The summed E-state index contributed by atoms with van der Waals surface area (Å²) in [6.07, 6.45) is 0. The fourth-order valence-corrected chi connectivity index (χ4v) is 0.849. The van der Waals surface area contributed by atoms with Crippen LogP contribution in [-0.4, -0.2) is 0 Å². The van der Waals surface area contributed by atoms with Gasteiger partial charge in [0.15, 0.2) is 0 Å². The molecule has 11 heavy (non-hydrogen) atoms. The maximum Gasteiger partial charge on any atom is 0.141 e. The summed E-state index contributed by atoms with van der Waals surface area (Å²) in [6, 6.07) is 3.57. The minimum absolute atomic E-state index is 0.0248. The van der Waals surface area contributed by atoms with Gasteiger partial charge in [-0.05, 0) is 28.1 Å². The number of benzene rings is 1. The predicted molar refractivity (Wildman–Crippen MR) is 38.8 cm³/mol. The van der Waals surface area contributed by atoms with Crippen LogP contribution in [0.1, 0.15) is 5.56 Å². The molecule has 0 unspecified atom stereocenters. The molecule has 0 atom stereocenters. The third kappa shape index (κ3) is 1.55. The molecule has 0 aromatic heterocycles. The van der Waals surface area contributed by atoms with E-state index in [1.807, 2.05) is 0 Å². The number of hydrogen-bond donors (Lipinski definition) is 0. The van der Waals surface area contributed by atoms with Crippen molar-refractivity contribution >= 4 is 15.9 Å². The van der Waals surface area contributed by atoms with Gasteiger partial charge < -0.3 is 0 Å². The van der Waals surface area contributed by atoms with Crippen LogP contribution in [0.2, 0.25) is 0 Å². The van der Waals surface area contributed by atoms with Gasteiger partial charge in [-0.15, -0.1) is 0 Å². The summed E-state index contributed by atoms with van der Waals surface area (Å²) in [4.78, 5) is 0. The van der Waals surface area contributed by atoms with Crippen LogP contribution >= 0.6 is 15.9 Å². The van der Waals surface area contributed by atoms with Gasteiger partial charge in [0.1, 0.15) is 11.6 Å². The SMILES string of the molecule is N#Cc1cc(F)c(Br)c(F)c1. The predicted octanol–water partition coefficient (Wildman–Crippen LogP) is 2.60. The van der Waals surface area contributed by atoms with Gasteiger partial charge in [0.25, 0.3) is 0 Å². The quantitative estimate of drug-likeness (QED) is 0.614. The summed E-state index contributed by atoms with van der Waals surface area (Å²) >= 11 is 2.68. The minimum atomic E-state index is -0.762. The molecular formula is C7H2BrF2N. The Morgan fingerprint density at radius 2 is 1.73 bits per heavy atom. The van der Waals surface area contributed by atoms with E-state index in [2.05, 4.69) is 15.9 Å². The lowest BCUT2D eigenvalue weighted by Crippen LogP contribution is -1.86. The molecule has 0 heterocycles. The lowest BCUT2D eigenvalue weighted by molar-refractivity contribution is 0.571. The van der Waals surface area contributed by atoms with Gasteiger partial charge in [0.2, 0.25) is 0 Å². The summed E-state index contributed by atoms with van der Waals surface area (Å²) < 4.78 is 24.9. The second kappa shape index (κ2) is 2.97. The molecule has 0 aliphatic rings. The lowest BCUT2D eigenvalue weighted by Gasteiger charge is -1.95. The minimum Gasteiger partial charge on any atom is -0.206 e. The first-order valence-electron chi connectivity index (χ1n) is 2.70. The van der Waals surface area contributed by atoms with Gasteiger partial charge in [0, 0.05) is 0 Å². The van der Waals surface area contributed by atoms with Crippen molar-refractivity contribution in [2.45, 2.75) is 0 Å². The normalized spacial score (nSPS) is 9.27. The molecule has 0 amide bonds. The van der Waals surface area contributed by atoms with Crippen LogP contribution in [0.15, 0.2) is 16.6 Å². The van der Waals surface area contributed by atoms with Gasteiger partial charge in [-0.2, -0.15) is 5.26 Å². The van der Waals surface area contributed by atoms with Gasteiger partial charge in [-0.3, -0.25) is 0 Å². The molecule has 0 aliphatic heterocycles. The van der Waals surface area contributed by atoms with Crippen LogP contribution in [0.5, 0.6) is 0 Å². The molecule has 56 valence electrons. The van der Waals surface area contributed by atoms with Crippen molar-refractivity contribution in [3.8, 4) is 6.07 Å². The topological polar surface area (TPSA) is 23.8 Å². The van der Waals surface area contributed by atoms with E-state index in [9.17, 15) is 8.78 Å². The highest BCUT2D eigenvalue weighted by Gasteiger charge is 2.06. The molecule has 1 rings (SSSR count). The Morgan fingerprint density at radius 1 is 1.27 bits per heavy atom. The van der Waals surface area contributed by atoms with Crippen molar-refractivity contribution in [1.29, 1.82) is 5.26 Å². The van der Waals surface area contributed by atoms with Crippen molar-refractivity contribution in [1.82, 2.24) is 0 Å². The number of hydrogen-bond acceptors (Lipinski definition) is 1. The maximum atomic E-state index is 12.6. The van der Waals surface area contributed by atoms with Gasteiger partial charge in [0.05, 0.1) is 16.1 Å². The van der Waals surface area contributed by atoms with E-state index >= 15 is 0 Å². The highest BCUT2D eigenvalue weighted by atomic mass is 79.9. The highest BCUT2D eigenvalue weighted by molar-refractivity contribution is 9.10. The van der Waals surface area contributed by atoms with Crippen LogP contribution in [0.25, 0.3) is 0 Å². The van der Waals surface area contributed by atoms with Gasteiger partial charge in [-0.1, -0.05) is 0 Å². The Bertz CT molecular complexity index is 307. The molecule has 0 N–H and O–H groups in total. The average Bonchev–Trinajstić information content (AvgIpc) is 1.99. The molecule has 0 saturated carbocycles. The van der Waals surface area contributed by atoms with Crippen molar-refractivity contribution in [3.63, 3.8) is 0 Å². The Morgan fingerprint density at radius 3 is 2.09 bits per heavy atom. The maximum absolute atomic E-state index is 12.6. The Hall–Kier alpha value is -0.950. The first-order valence-corrected chi connectivity index (χ1v) is 3.49. The van der Waals surface area contributed by atoms with Crippen LogP contribution in [0.4, 0.5) is 8.78 Å². The highest BCUT2D eigenvalue weighted by Crippen LogP contribution is 2.20. The molecule has 1 nitrogen and oxygen atoms in total. The van der Waals surface area contributed by atoms with Crippen LogP contribution in [0.3, 0.4) is 0 Å². The van der Waals surface area contributed by atoms with E-state index in [0.717, 1.165) is 12.1 Å². The molecule has 0 saturated heterocycles. The Kier molecular flexibility index (Phi) is 2.20. The van der Waals surface area contributed by atoms with Crippen LogP contribution in [0, 0.1) is 23.0 Å². The number of halogens is 3. The Labute approximate surface area is 70.4 Å². The second-order valence-corrected chi connectivity index (χ2v) is 2.66. The van der Waals surface area contributed by atoms with Crippen LogP contribution < -0.4 is 0 Å². The van der Waals surface area contributed by atoms with Gasteiger partial charge >= 0.3 is 0 Å². The largest absolute Gasteiger partial charge is 0.206 e. The first kappa shape index (κ1) is 8.15. The van der Waals surface area contributed by atoms with Crippen molar-refractivity contribution in [3.05, 3.63) is 33.8 Å². The number of nitriles is 1. The summed E-state index contributed by atoms with van der Waals surface area (Å²) in [7, 11) is 0. The zero-order valence-electron chi connectivity index (χ0n) is 5.24. The van der Waals surface area contributed by atoms with E-state index in [4.69, 9.17) is 5.26 Å². The Balaban J connectivity index is 3.35. The fraction of sp³-hybridized carbons (Fsp3) is 0. The number of rotatable bonds is 0. The number of nitrogens with zero attached hydrogens (tertiary/aromatic N) is 1. The molecule has 4 heteroatoms. The molecule has 0 bridgehead atoms. The monoisotopic (exact) mass is 217 g/mol. The molecule has 0 aliphatic carbocycles. The summed E-state index contributed by atoms with van der Waals surface area (Å²) in [6.45, 7) is 0. The summed E-state index contributed by atoms with van der Waals surface area (Å²) in [5, 5.41) is 8.28. The molecule has 0 radical (unpaired) electrons. The van der Waals surface area contributed by atoms with Crippen LogP contribution in [-0.2, 0) is 0 Å². The smallest absolute Gasteiger partial charge is 0.141 e. The first-order chi connectivity index (χ1) is 5.15. The molecular weight excluding hydrogens is 216 g/mol. The van der Waals surface area contributed by atoms with E-state index in [-0.39, 0.29) is 10.0 Å². The summed E-state index contributed by atoms with van der Waals surface area (Å²) in [5.74, 6) is -1.52. The fourth-order valence-electron chi connectivity index (χ4n) is 0.620. The molecule has 0 spiro atoms. The van der Waals surface area contributed by atoms with E-state index in [0.29, 0.717) is 0 Å². The summed E-state index contributed by atoms with van der Waals surface area (Å²) in [5.41, 5.74) is -0.0248. The lowest BCUT2D eigenvalue weighted by atomic mass is 10.2. The van der Waals surface area contributed by atoms with Crippen molar-refractivity contribution in [2.75, 3.05) is 0 Å². The third-order valence-electron chi connectivity index (χ3n) is 1.11. The van der Waals surface area contributed by atoms with Crippen molar-refractivity contribution < 1.29 is 8.78 Å². The molecule has 1 aromatic carbocycles. The van der Waals surface area contributed by atoms with E-state index in [1.54, 1.807) is 6.07 Å². The third-order valence-corrected chi connectivity index (χ3v) is 1.87. The van der Waals surface area contributed by atoms with Gasteiger partial charge in [-0.25, -0.2) is 8.78 Å². The van der Waals surface area contributed by atoms with E-state index < -0.39 is 11.6 Å². The molecule has 0 fully saturated rings. The second-order valence-electron chi connectivity index (χ2n) is 1.87. The standard InChI is InChI=1S/C7H2BrF2N/c8-7-5(9)1-4(3-11)2-6(7)10/h1-2H. The van der Waals surface area contributed by atoms with E-state index in [1.165, 1.54) is 0 Å². The molecule has 1 aromatic rings. The zero-order chi connectivity index (χ0) is 8.43. The zero-order valence-corrected chi connectivity index (χ0v) is 6.82. The average molecular weight is 218 g/mol.